The number of carboxylic acid groups (broad SMARTS) is 3. The molecule has 0 bridgehead atoms. The molecule has 0 aromatic carbocycles. The molecule has 0 fully saturated rings. The molecule has 1 rings (SSSR count). The predicted molar refractivity (Wildman–Crippen MR) is 132 cm³/mol. The van der Waals surface area contributed by atoms with E-state index in [1.807, 2.05) is 13.8 Å². The zero-order valence-electron chi connectivity index (χ0n) is 21.7. The van der Waals surface area contributed by atoms with Gasteiger partial charge in [0.2, 0.25) is 23.6 Å². The third-order valence-electron chi connectivity index (χ3n) is 5.29. The summed E-state index contributed by atoms with van der Waals surface area (Å²) in [5.74, 6) is -7.60. The molecule has 4 atom stereocenters. The van der Waals surface area contributed by atoms with E-state index in [0.29, 0.717) is 5.69 Å². The van der Waals surface area contributed by atoms with Crippen molar-refractivity contribution in [1.82, 2.24) is 31.2 Å². The van der Waals surface area contributed by atoms with E-state index in [1.165, 1.54) is 19.4 Å². The van der Waals surface area contributed by atoms with Gasteiger partial charge in [-0.1, -0.05) is 13.8 Å². The van der Waals surface area contributed by atoms with Crippen molar-refractivity contribution in [2.75, 3.05) is 0 Å². The van der Waals surface area contributed by atoms with Crippen LogP contribution in [0.15, 0.2) is 12.5 Å². The lowest BCUT2D eigenvalue weighted by Crippen LogP contribution is -2.58. The highest BCUT2D eigenvalue weighted by atomic mass is 16.4. The number of carbonyl (C=O) groups excluding carboxylic acids is 4. The largest absolute Gasteiger partial charge is 0.481 e. The lowest BCUT2D eigenvalue weighted by Gasteiger charge is -2.26. The Kier molecular flexibility index (Phi) is 13.1. The molecule has 1 aromatic rings. The molecule has 0 aliphatic heterocycles. The van der Waals surface area contributed by atoms with E-state index >= 15 is 0 Å². The van der Waals surface area contributed by atoms with E-state index in [4.69, 9.17) is 10.2 Å². The second kappa shape index (κ2) is 15.7. The maximum Gasteiger partial charge on any atom is 0.326 e. The minimum atomic E-state index is -1.80. The van der Waals surface area contributed by atoms with Gasteiger partial charge in [0.25, 0.3) is 0 Å². The highest BCUT2D eigenvalue weighted by molar-refractivity contribution is 5.95. The number of rotatable bonds is 17. The summed E-state index contributed by atoms with van der Waals surface area (Å²) in [5, 5.41) is 36.6. The molecule has 0 saturated heterocycles. The summed E-state index contributed by atoms with van der Waals surface area (Å²) < 4.78 is 0. The van der Waals surface area contributed by atoms with E-state index in [2.05, 4.69) is 31.2 Å². The number of carboxylic acids is 3. The monoisotopic (exact) mass is 554 g/mol. The van der Waals surface area contributed by atoms with Crippen molar-refractivity contribution >= 4 is 41.5 Å². The fourth-order valence-electron chi connectivity index (χ4n) is 3.50. The molecule has 8 N–H and O–H groups in total. The van der Waals surface area contributed by atoms with E-state index in [9.17, 15) is 38.7 Å². The Hall–Kier alpha value is -4.50. The lowest BCUT2D eigenvalue weighted by atomic mass is 10.0. The molecule has 0 aliphatic carbocycles. The van der Waals surface area contributed by atoms with Crippen LogP contribution in [0.1, 0.15) is 52.1 Å². The first-order valence-electron chi connectivity index (χ1n) is 12.0. The predicted octanol–water partition coefficient (Wildman–Crippen LogP) is -1.62. The zero-order chi connectivity index (χ0) is 29.7. The van der Waals surface area contributed by atoms with Gasteiger partial charge in [-0.3, -0.25) is 28.8 Å². The van der Waals surface area contributed by atoms with Crippen molar-refractivity contribution < 1.29 is 48.9 Å². The summed E-state index contributed by atoms with van der Waals surface area (Å²) in [5.41, 5.74) is 0.356. The zero-order valence-corrected chi connectivity index (χ0v) is 21.7. The minimum Gasteiger partial charge on any atom is -0.481 e. The number of nitrogens with zero attached hydrogens (tertiary/aromatic N) is 1. The Balaban J connectivity index is 3.19. The van der Waals surface area contributed by atoms with Crippen LogP contribution in [0.2, 0.25) is 0 Å². The van der Waals surface area contributed by atoms with Gasteiger partial charge in [0.05, 0.1) is 12.7 Å². The number of aromatic amines is 1. The fraction of sp³-hybridized carbons (Fsp3) is 0.565. The number of hydrogen-bond acceptors (Lipinski definition) is 8. The molecule has 4 unspecified atom stereocenters. The second-order valence-electron chi connectivity index (χ2n) is 9.22. The first-order chi connectivity index (χ1) is 18.2. The SMILES string of the molecule is CC(=O)NC(CC(C)C)C(=O)NC(CCC(=O)O)C(=O)NC(Cc1cnc[nH]1)C(=O)NC(CC(=O)O)C(=O)O. The molecule has 16 heteroatoms. The van der Waals surface area contributed by atoms with Gasteiger partial charge in [-0.05, 0) is 18.8 Å². The van der Waals surface area contributed by atoms with Gasteiger partial charge in [-0.15, -0.1) is 0 Å². The average Bonchev–Trinajstić information content (AvgIpc) is 3.32. The standard InChI is InChI=1S/C23H34N6O10/c1-11(2)6-15(26-12(3)30)21(36)27-14(4-5-18(31)32)20(35)28-16(7-13-9-24-10-25-13)22(37)29-17(23(38)39)8-19(33)34/h9-11,14-17H,4-8H2,1-3H3,(H,24,25)(H,26,30)(H,27,36)(H,28,35)(H,29,37)(H,31,32)(H,33,34)(H,38,39). The number of imidazole rings is 1. The van der Waals surface area contributed by atoms with Crippen LogP contribution in [0.25, 0.3) is 0 Å². The maximum atomic E-state index is 13.2. The van der Waals surface area contributed by atoms with Crippen molar-refractivity contribution in [1.29, 1.82) is 0 Å². The topological polar surface area (TPSA) is 257 Å². The van der Waals surface area contributed by atoms with Crippen LogP contribution in [0, 0.1) is 5.92 Å². The van der Waals surface area contributed by atoms with Crippen LogP contribution < -0.4 is 21.3 Å². The smallest absolute Gasteiger partial charge is 0.326 e. The van der Waals surface area contributed by atoms with Gasteiger partial charge < -0.3 is 41.6 Å². The summed E-state index contributed by atoms with van der Waals surface area (Å²) in [6.07, 6.45) is 0.821. The number of nitrogens with one attached hydrogen (secondary N) is 5. The molecule has 0 aliphatic rings. The van der Waals surface area contributed by atoms with Crippen molar-refractivity contribution in [3.05, 3.63) is 18.2 Å². The summed E-state index contributed by atoms with van der Waals surface area (Å²) >= 11 is 0. The van der Waals surface area contributed by atoms with E-state index in [-0.39, 0.29) is 25.2 Å². The summed E-state index contributed by atoms with van der Waals surface area (Å²) in [4.78, 5) is 90.7. The molecular formula is C23H34N6O10. The fourth-order valence-corrected chi connectivity index (χ4v) is 3.50. The Morgan fingerprint density at radius 2 is 1.38 bits per heavy atom. The van der Waals surface area contributed by atoms with E-state index in [1.54, 1.807) is 0 Å². The molecular weight excluding hydrogens is 520 g/mol. The number of amides is 4. The maximum absolute atomic E-state index is 13.2. The number of aromatic nitrogens is 2. The van der Waals surface area contributed by atoms with Crippen LogP contribution >= 0.6 is 0 Å². The van der Waals surface area contributed by atoms with Crippen molar-refractivity contribution in [2.45, 2.75) is 77.0 Å². The van der Waals surface area contributed by atoms with Crippen LogP contribution in [0.5, 0.6) is 0 Å². The Labute approximate surface area is 223 Å². The molecule has 16 nitrogen and oxygen atoms in total. The number of aliphatic carboxylic acids is 3. The first kappa shape index (κ1) is 32.5. The number of carbonyl (C=O) groups is 7. The van der Waals surface area contributed by atoms with Crippen LogP contribution in [-0.4, -0.2) is 91.0 Å². The van der Waals surface area contributed by atoms with Crippen LogP contribution in [0.3, 0.4) is 0 Å². The number of H-pyrrole nitrogens is 1. The van der Waals surface area contributed by atoms with Crippen molar-refractivity contribution in [2.24, 2.45) is 5.92 Å². The molecule has 0 saturated carbocycles. The molecule has 1 heterocycles. The Bertz CT molecular complexity index is 1040. The molecule has 39 heavy (non-hydrogen) atoms. The molecule has 0 radical (unpaired) electrons. The molecule has 4 amide bonds. The van der Waals surface area contributed by atoms with Gasteiger partial charge in [0.15, 0.2) is 0 Å². The van der Waals surface area contributed by atoms with Gasteiger partial charge in [-0.2, -0.15) is 0 Å². The van der Waals surface area contributed by atoms with Gasteiger partial charge in [-0.25, -0.2) is 9.78 Å². The van der Waals surface area contributed by atoms with Gasteiger partial charge in [0.1, 0.15) is 24.2 Å². The molecule has 1 aromatic heterocycles. The van der Waals surface area contributed by atoms with Crippen LogP contribution in [-0.2, 0) is 40.0 Å². The Morgan fingerprint density at radius 3 is 1.87 bits per heavy atom. The van der Waals surface area contributed by atoms with E-state index in [0.717, 1.165) is 0 Å². The molecule has 0 spiro atoms. The summed E-state index contributed by atoms with van der Waals surface area (Å²) in [6, 6.07) is -5.71. The normalized spacial score (nSPS) is 13.8. The quantitative estimate of drug-likeness (QED) is 0.108. The number of hydrogen-bond donors (Lipinski definition) is 8. The first-order valence-corrected chi connectivity index (χ1v) is 12.0. The highest BCUT2D eigenvalue weighted by Crippen LogP contribution is 2.08. The summed E-state index contributed by atoms with van der Waals surface area (Å²) in [7, 11) is 0. The van der Waals surface area contributed by atoms with Gasteiger partial charge in [0, 0.05) is 31.7 Å². The lowest BCUT2D eigenvalue weighted by molar-refractivity contribution is -0.147. The third kappa shape index (κ3) is 12.5. The van der Waals surface area contributed by atoms with E-state index < -0.39 is 78.5 Å². The minimum absolute atomic E-state index is 0.0191. The Morgan fingerprint density at radius 1 is 0.821 bits per heavy atom. The highest BCUT2D eigenvalue weighted by Gasteiger charge is 2.32. The third-order valence-corrected chi connectivity index (χ3v) is 5.29. The van der Waals surface area contributed by atoms with Crippen molar-refractivity contribution in [3.8, 4) is 0 Å². The van der Waals surface area contributed by atoms with Gasteiger partial charge >= 0.3 is 17.9 Å². The van der Waals surface area contributed by atoms with Crippen LogP contribution in [0.4, 0.5) is 0 Å². The second-order valence-corrected chi connectivity index (χ2v) is 9.22. The van der Waals surface area contributed by atoms with Crippen molar-refractivity contribution in [3.63, 3.8) is 0 Å². The summed E-state index contributed by atoms with van der Waals surface area (Å²) in [6.45, 7) is 4.83. The average molecular weight is 555 g/mol. The molecule has 216 valence electrons.